The van der Waals surface area contributed by atoms with Crippen LogP contribution in [0.1, 0.15) is 0 Å². The molecule has 4 heterocycles. The average molecular weight is 547 g/mol. The molecule has 0 spiro atoms. The molecule has 0 aromatic carbocycles. The van der Waals surface area contributed by atoms with Gasteiger partial charge in [0.05, 0.1) is 36.9 Å². The molecule has 0 amide bonds. The minimum atomic E-state index is 0.792. The summed E-state index contributed by atoms with van der Waals surface area (Å²) in [7, 11) is 0. The molecule has 0 nitrogen and oxygen atoms in total. The Morgan fingerprint density at radius 3 is 1.43 bits per heavy atom. The van der Waals surface area contributed by atoms with Gasteiger partial charge in [-0.2, -0.15) is 0 Å². The topological polar surface area (TPSA) is 0 Å². The van der Waals surface area contributed by atoms with Crippen LogP contribution in [0.3, 0.4) is 0 Å². The summed E-state index contributed by atoms with van der Waals surface area (Å²) in [4.78, 5) is 0. The number of thioether (sulfide) groups is 10. The largest absolute Gasteiger partial charge is 0.105 e. The predicted octanol–water partition coefficient (Wildman–Crippen LogP) is 9.17. The Morgan fingerprint density at radius 1 is 0.571 bits per heavy atom. The minimum Gasteiger partial charge on any atom is -0.105 e. The van der Waals surface area contributed by atoms with Crippen molar-refractivity contribution < 1.29 is 0 Å². The van der Waals surface area contributed by atoms with Crippen molar-refractivity contribution in [3.63, 3.8) is 0 Å². The van der Waals surface area contributed by atoms with Gasteiger partial charge < -0.3 is 0 Å². The highest BCUT2D eigenvalue weighted by molar-refractivity contribution is 8.38. The van der Waals surface area contributed by atoms with E-state index in [-0.39, 0.29) is 0 Å². The first kappa shape index (κ1) is 22.3. The highest BCUT2D eigenvalue weighted by atomic mass is 32.2. The Bertz CT molecular complexity index is 844. The third kappa shape index (κ3) is 6.78. The second-order valence-electron chi connectivity index (χ2n) is 4.66. The van der Waals surface area contributed by atoms with E-state index in [2.05, 4.69) is 56.1 Å². The highest BCUT2D eigenvalue weighted by Gasteiger charge is 2.19. The standard InChI is InChI=1S/C18H10S10/c1(3-5-19-13-11-25-17(27-13)15-21-7-8-22-15)2-4-6-20-14-12-26-18(28-14)16-23-9-10-24-16/h7-12H,5-6H2. The van der Waals surface area contributed by atoms with E-state index in [1.54, 1.807) is 23.5 Å². The van der Waals surface area contributed by atoms with E-state index in [0.717, 1.165) is 11.5 Å². The molecule has 0 atom stereocenters. The lowest BCUT2D eigenvalue weighted by Gasteiger charge is -2.00. The molecule has 0 unspecified atom stereocenters. The van der Waals surface area contributed by atoms with Crippen LogP contribution in [0.4, 0.5) is 0 Å². The maximum atomic E-state index is 3.15. The fraction of sp³-hybridized carbons (Fsp3) is 0.111. The monoisotopic (exact) mass is 546 g/mol. The van der Waals surface area contributed by atoms with E-state index in [0.29, 0.717) is 0 Å². The van der Waals surface area contributed by atoms with E-state index >= 15 is 0 Å². The summed E-state index contributed by atoms with van der Waals surface area (Å²) in [6.07, 6.45) is 0. The van der Waals surface area contributed by atoms with Crippen molar-refractivity contribution in [3.05, 3.63) is 57.9 Å². The van der Waals surface area contributed by atoms with Gasteiger partial charge in [-0.25, -0.2) is 0 Å². The molecule has 0 saturated carbocycles. The first-order valence-electron chi connectivity index (χ1n) is 7.64. The van der Waals surface area contributed by atoms with E-state index in [4.69, 9.17) is 0 Å². The Balaban J connectivity index is 1.12. The minimum absolute atomic E-state index is 0.792. The molecule has 28 heavy (non-hydrogen) atoms. The SMILES string of the molecule is C(C#CCSC1=CSC(=C2SC=CS2)S1)#CCSC1=CSC(=C2SC=CS2)S1. The Kier molecular flexibility index (Phi) is 9.69. The van der Waals surface area contributed by atoms with Crippen LogP contribution >= 0.6 is 118 Å². The number of rotatable bonds is 4. The van der Waals surface area contributed by atoms with E-state index < -0.39 is 0 Å². The van der Waals surface area contributed by atoms with Gasteiger partial charge in [-0.15, -0.1) is 23.5 Å². The van der Waals surface area contributed by atoms with Crippen molar-refractivity contribution in [2.24, 2.45) is 0 Å². The predicted molar refractivity (Wildman–Crippen MR) is 150 cm³/mol. The van der Waals surface area contributed by atoms with Crippen LogP contribution in [0.25, 0.3) is 0 Å². The van der Waals surface area contributed by atoms with Crippen LogP contribution in [0.5, 0.6) is 0 Å². The summed E-state index contributed by atoms with van der Waals surface area (Å²) >= 11 is 18.2. The number of hydrogen-bond donors (Lipinski definition) is 0. The van der Waals surface area contributed by atoms with Gasteiger partial charge >= 0.3 is 0 Å². The molecule has 4 aliphatic heterocycles. The first-order chi connectivity index (χ1) is 13.9. The average Bonchev–Trinajstić information content (AvgIpc) is 3.48. The van der Waals surface area contributed by atoms with Crippen LogP contribution < -0.4 is 0 Å². The van der Waals surface area contributed by atoms with Crippen molar-refractivity contribution >= 4 is 118 Å². The van der Waals surface area contributed by atoms with Gasteiger partial charge in [0, 0.05) is 0 Å². The molecule has 0 fully saturated rings. The Hall–Kier alpha value is 1.06. The first-order valence-corrected chi connectivity index (χ1v) is 16.5. The van der Waals surface area contributed by atoms with E-state index in [1.807, 2.05) is 94.1 Å². The lowest BCUT2D eigenvalue weighted by Crippen LogP contribution is -1.73. The van der Waals surface area contributed by atoms with Gasteiger partial charge in [-0.3, -0.25) is 0 Å². The molecule has 4 rings (SSSR count). The van der Waals surface area contributed by atoms with Crippen LogP contribution in [0.2, 0.25) is 0 Å². The molecule has 0 saturated heterocycles. The third-order valence-electron chi connectivity index (χ3n) is 2.87. The van der Waals surface area contributed by atoms with Crippen molar-refractivity contribution in [1.82, 2.24) is 0 Å². The van der Waals surface area contributed by atoms with Gasteiger partial charge in [-0.05, 0) is 44.3 Å². The second-order valence-corrected chi connectivity index (χ2v) is 15.8. The Morgan fingerprint density at radius 2 is 1.00 bits per heavy atom. The molecule has 0 aromatic rings. The van der Waals surface area contributed by atoms with Gasteiger partial charge in [0.2, 0.25) is 0 Å². The molecule has 4 aliphatic rings. The smallest absolute Gasteiger partial charge is 0.0705 e. The fourth-order valence-corrected chi connectivity index (χ4v) is 12.9. The van der Waals surface area contributed by atoms with Crippen LogP contribution in [0, 0.1) is 23.7 Å². The maximum absolute atomic E-state index is 3.15. The summed E-state index contributed by atoms with van der Waals surface area (Å²) < 4.78 is 8.24. The summed E-state index contributed by atoms with van der Waals surface area (Å²) in [5, 5.41) is 13.0. The third-order valence-corrected chi connectivity index (χ3v) is 15.4. The maximum Gasteiger partial charge on any atom is 0.0705 e. The van der Waals surface area contributed by atoms with Crippen molar-refractivity contribution in [1.29, 1.82) is 0 Å². The van der Waals surface area contributed by atoms with Crippen molar-refractivity contribution in [3.8, 4) is 23.7 Å². The zero-order valence-corrected chi connectivity index (χ0v) is 22.1. The molecule has 0 N–H and O–H groups in total. The summed E-state index contributed by atoms with van der Waals surface area (Å²) in [5.74, 6) is 13.9. The molecule has 142 valence electrons. The van der Waals surface area contributed by atoms with Gasteiger partial charge in [-0.1, -0.05) is 106 Å². The summed E-state index contributed by atoms with van der Waals surface area (Å²) in [5.41, 5.74) is 0. The van der Waals surface area contributed by atoms with Crippen LogP contribution in [-0.2, 0) is 0 Å². The van der Waals surface area contributed by atoms with E-state index in [1.165, 1.54) is 25.4 Å². The van der Waals surface area contributed by atoms with Crippen LogP contribution in [0.15, 0.2) is 57.9 Å². The molecule has 0 bridgehead atoms. The fourth-order valence-electron chi connectivity index (χ4n) is 1.77. The quantitative estimate of drug-likeness (QED) is 0.311. The zero-order chi connectivity index (χ0) is 19.0. The highest BCUT2D eigenvalue weighted by Crippen LogP contribution is 2.56. The van der Waals surface area contributed by atoms with Gasteiger partial charge in [0.15, 0.2) is 0 Å². The summed E-state index contributed by atoms with van der Waals surface area (Å²) in [6, 6.07) is 0. The van der Waals surface area contributed by atoms with Gasteiger partial charge in [0.25, 0.3) is 0 Å². The van der Waals surface area contributed by atoms with Crippen molar-refractivity contribution in [2.45, 2.75) is 0 Å². The molecular formula is C18H10S10. The molecule has 10 heteroatoms. The Labute approximate surface area is 208 Å². The summed E-state index contributed by atoms with van der Waals surface area (Å²) in [6.45, 7) is 0. The zero-order valence-electron chi connectivity index (χ0n) is 14.0. The normalized spacial score (nSPS) is 20.3. The molecule has 0 aliphatic carbocycles. The lowest BCUT2D eigenvalue weighted by molar-refractivity contribution is 1.92. The molecule has 0 aromatic heterocycles. The van der Waals surface area contributed by atoms with E-state index in [9.17, 15) is 0 Å². The molecule has 0 radical (unpaired) electrons. The van der Waals surface area contributed by atoms with Gasteiger partial charge in [0.1, 0.15) is 0 Å². The second kappa shape index (κ2) is 12.2. The van der Waals surface area contributed by atoms with Crippen molar-refractivity contribution in [2.75, 3.05) is 11.5 Å². The molecular weight excluding hydrogens is 537 g/mol. The number of hydrogen-bond acceptors (Lipinski definition) is 10. The van der Waals surface area contributed by atoms with Crippen LogP contribution in [-0.4, -0.2) is 11.5 Å². The lowest BCUT2D eigenvalue weighted by atomic mass is 10.6.